The van der Waals surface area contributed by atoms with Gasteiger partial charge in [0.25, 0.3) is 0 Å². The average molecular weight is 436 g/mol. The highest BCUT2D eigenvalue weighted by Crippen LogP contribution is 2.36. The van der Waals surface area contributed by atoms with Crippen molar-refractivity contribution in [2.45, 2.75) is 40.5 Å². The number of fused-ring (bicyclic) bond motifs is 3. The summed E-state index contributed by atoms with van der Waals surface area (Å²) in [6.07, 6.45) is 0. The Labute approximate surface area is 186 Å². The summed E-state index contributed by atoms with van der Waals surface area (Å²) < 4.78 is 0. The number of nitrogens with zero attached hydrogens (tertiary/aromatic N) is 2. The zero-order chi connectivity index (χ0) is 22.3. The second kappa shape index (κ2) is 7.85. The molecule has 2 aromatic heterocycles. The molecule has 0 bridgehead atoms. The van der Waals surface area contributed by atoms with Gasteiger partial charge in [0.2, 0.25) is 11.9 Å². The molecule has 4 aromatic rings. The van der Waals surface area contributed by atoms with E-state index in [4.69, 9.17) is 11.6 Å². The molecule has 7 heteroatoms. The lowest BCUT2D eigenvalue weighted by molar-refractivity contribution is -0.123. The van der Waals surface area contributed by atoms with Crippen LogP contribution in [-0.4, -0.2) is 20.9 Å². The van der Waals surface area contributed by atoms with Crippen LogP contribution < -0.4 is 10.6 Å². The Kier molecular flexibility index (Phi) is 5.35. The van der Waals surface area contributed by atoms with Crippen LogP contribution in [0.3, 0.4) is 0 Å². The molecule has 0 radical (unpaired) electrons. The number of aromatic amines is 1. The van der Waals surface area contributed by atoms with E-state index < -0.39 is 5.41 Å². The van der Waals surface area contributed by atoms with Crippen LogP contribution in [0.2, 0.25) is 5.02 Å². The van der Waals surface area contributed by atoms with E-state index in [2.05, 4.69) is 51.6 Å². The molecule has 0 spiro atoms. The maximum Gasteiger partial charge on any atom is 0.233 e. The molecule has 0 saturated carbocycles. The zero-order valence-electron chi connectivity index (χ0n) is 18.3. The minimum absolute atomic E-state index is 0.159. The number of rotatable bonds is 4. The first-order chi connectivity index (χ1) is 14.6. The summed E-state index contributed by atoms with van der Waals surface area (Å²) >= 11 is 6.52. The fourth-order valence-corrected chi connectivity index (χ4v) is 3.59. The van der Waals surface area contributed by atoms with Gasteiger partial charge < -0.3 is 10.3 Å². The molecule has 0 fully saturated rings. The topological polar surface area (TPSA) is 82.7 Å². The van der Waals surface area contributed by atoms with Gasteiger partial charge in [-0.2, -0.15) is 9.97 Å². The van der Waals surface area contributed by atoms with Gasteiger partial charge in [0.15, 0.2) is 0 Å². The largest absolute Gasteiger partial charge is 0.339 e. The molecule has 160 valence electrons. The molecule has 1 amide bonds. The highest BCUT2D eigenvalue weighted by atomic mass is 35.5. The number of hydrogen-bond acceptors (Lipinski definition) is 4. The summed E-state index contributed by atoms with van der Waals surface area (Å²) in [5.41, 5.74) is 3.03. The van der Waals surface area contributed by atoms with E-state index in [1.165, 1.54) is 5.56 Å². The smallest absolute Gasteiger partial charge is 0.233 e. The molecule has 4 rings (SSSR count). The van der Waals surface area contributed by atoms with E-state index in [0.29, 0.717) is 22.4 Å². The van der Waals surface area contributed by atoms with Gasteiger partial charge >= 0.3 is 0 Å². The van der Waals surface area contributed by atoms with Crippen molar-refractivity contribution in [3.8, 4) is 0 Å². The Morgan fingerprint density at radius 2 is 1.74 bits per heavy atom. The maximum atomic E-state index is 12.5. The molecule has 0 atom stereocenters. The Bertz CT molecular complexity index is 1270. The van der Waals surface area contributed by atoms with Gasteiger partial charge in [0.1, 0.15) is 11.5 Å². The summed E-state index contributed by atoms with van der Waals surface area (Å²) in [5.74, 6) is 1.10. The Hall–Kier alpha value is -3.12. The van der Waals surface area contributed by atoms with Crippen molar-refractivity contribution in [1.29, 1.82) is 0 Å². The fraction of sp³-hybridized carbons (Fsp3) is 0.292. The third kappa shape index (κ3) is 4.21. The van der Waals surface area contributed by atoms with Crippen molar-refractivity contribution in [1.82, 2.24) is 15.0 Å². The van der Waals surface area contributed by atoms with Crippen LogP contribution in [0.15, 0.2) is 42.5 Å². The van der Waals surface area contributed by atoms with E-state index in [1.807, 2.05) is 51.1 Å². The van der Waals surface area contributed by atoms with E-state index >= 15 is 0 Å². The number of halogens is 1. The molecular weight excluding hydrogens is 410 g/mol. The van der Waals surface area contributed by atoms with Crippen molar-refractivity contribution in [2.75, 3.05) is 10.6 Å². The maximum absolute atomic E-state index is 12.5. The molecule has 0 saturated heterocycles. The number of benzene rings is 2. The summed E-state index contributed by atoms with van der Waals surface area (Å²) in [6, 6.07) is 13.9. The molecule has 2 heterocycles. The van der Waals surface area contributed by atoms with E-state index in [9.17, 15) is 4.79 Å². The predicted molar refractivity (Wildman–Crippen MR) is 128 cm³/mol. The van der Waals surface area contributed by atoms with Crippen molar-refractivity contribution in [3.05, 3.63) is 53.1 Å². The van der Waals surface area contributed by atoms with Crippen LogP contribution in [0, 0.1) is 5.41 Å². The Balaban J connectivity index is 1.85. The van der Waals surface area contributed by atoms with Gasteiger partial charge in [-0.25, -0.2) is 0 Å². The molecule has 2 aromatic carbocycles. The van der Waals surface area contributed by atoms with Gasteiger partial charge in [-0.05, 0) is 35.7 Å². The van der Waals surface area contributed by atoms with Gasteiger partial charge in [-0.15, -0.1) is 0 Å². The summed E-state index contributed by atoms with van der Waals surface area (Å²) in [4.78, 5) is 25.0. The summed E-state index contributed by atoms with van der Waals surface area (Å²) in [5, 5.41) is 8.45. The molecule has 0 aliphatic rings. The monoisotopic (exact) mass is 435 g/mol. The first kappa shape index (κ1) is 21.1. The average Bonchev–Trinajstić information content (AvgIpc) is 3.07. The summed E-state index contributed by atoms with van der Waals surface area (Å²) in [6.45, 7) is 9.86. The van der Waals surface area contributed by atoms with E-state index in [-0.39, 0.29) is 11.9 Å². The van der Waals surface area contributed by atoms with Crippen molar-refractivity contribution < 1.29 is 4.79 Å². The predicted octanol–water partition coefficient (Wildman–Crippen LogP) is 6.62. The highest BCUT2D eigenvalue weighted by molar-refractivity contribution is 6.38. The lowest BCUT2D eigenvalue weighted by atomic mass is 9.96. The number of carbonyl (C=O) groups excluding carboxylic acids is 1. The summed E-state index contributed by atoms with van der Waals surface area (Å²) in [7, 11) is 0. The van der Waals surface area contributed by atoms with Gasteiger partial charge in [0.05, 0.1) is 10.4 Å². The van der Waals surface area contributed by atoms with E-state index in [1.54, 1.807) is 0 Å². The third-order valence-corrected chi connectivity index (χ3v) is 5.49. The SMILES string of the molecule is CC(C)c1ccc(Nc2nc(NC(=O)C(C)(C)C)nc3[nH]c4cccc(Cl)c4c23)cc1. The molecule has 6 nitrogen and oxygen atoms in total. The molecule has 0 aliphatic carbocycles. The Morgan fingerprint density at radius 3 is 2.39 bits per heavy atom. The Morgan fingerprint density at radius 1 is 1.03 bits per heavy atom. The van der Waals surface area contributed by atoms with Crippen LogP contribution in [0.4, 0.5) is 17.5 Å². The number of H-pyrrole nitrogens is 1. The normalized spacial score (nSPS) is 12.0. The molecule has 3 N–H and O–H groups in total. The van der Waals surface area contributed by atoms with Crippen LogP contribution in [0.25, 0.3) is 21.9 Å². The minimum atomic E-state index is -0.567. The zero-order valence-corrected chi connectivity index (χ0v) is 19.1. The number of hydrogen-bond donors (Lipinski definition) is 3. The molecule has 0 unspecified atom stereocenters. The number of anilines is 3. The number of carbonyl (C=O) groups is 1. The fourth-order valence-electron chi connectivity index (χ4n) is 3.32. The lowest BCUT2D eigenvalue weighted by Gasteiger charge is -2.17. The highest BCUT2D eigenvalue weighted by Gasteiger charge is 2.23. The first-order valence-electron chi connectivity index (χ1n) is 10.3. The van der Waals surface area contributed by atoms with Crippen molar-refractivity contribution in [3.63, 3.8) is 0 Å². The second-order valence-corrected chi connectivity index (χ2v) is 9.42. The quantitative estimate of drug-likeness (QED) is 0.336. The van der Waals surface area contributed by atoms with Crippen LogP contribution >= 0.6 is 11.6 Å². The second-order valence-electron chi connectivity index (χ2n) is 9.01. The van der Waals surface area contributed by atoms with Crippen LogP contribution in [-0.2, 0) is 4.79 Å². The van der Waals surface area contributed by atoms with Gasteiger partial charge in [0, 0.05) is 22.0 Å². The van der Waals surface area contributed by atoms with Gasteiger partial charge in [-0.3, -0.25) is 10.1 Å². The first-order valence-corrected chi connectivity index (χ1v) is 10.7. The lowest BCUT2D eigenvalue weighted by Crippen LogP contribution is -2.28. The van der Waals surface area contributed by atoms with E-state index in [0.717, 1.165) is 22.0 Å². The number of nitrogens with one attached hydrogen (secondary N) is 3. The third-order valence-electron chi connectivity index (χ3n) is 5.17. The molecular formula is C24H26ClN5O. The van der Waals surface area contributed by atoms with Gasteiger partial charge in [-0.1, -0.05) is 64.4 Å². The molecule has 31 heavy (non-hydrogen) atoms. The molecule has 0 aliphatic heterocycles. The van der Waals surface area contributed by atoms with Crippen molar-refractivity contribution >= 4 is 56.9 Å². The number of aromatic nitrogens is 3. The van der Waals surface area contributed by atoms with Crippen LogP contribution in [0.1, 0.15) is 46.1 Å². The van der Waals surface area contributed by atoms with Crippen molar-refractivity contribution in [2.24, 2.45) is 5.41 Å². The standard InChI is InChI=1S/C24H26ClN5O/c1-13(2)14-9-11-15(12-10-14)26-20-19-18-16(25)7-6-8-17(18)27-21(19)29-23(28-20)30-22(31)24(3,4)5/h6-13H,1-5H3,(H3,26,27,28,29,30,31). The van der Waals surface area contributed by atoms with Crippen LogP contribution in [0.5, 0.6) is 0 Å². The minimum Gasteiger partial charge on any atom is -0.339 e. The number of amides is 1.